The predicted octanol–water partition coefficient (Wildman–Crippen LogP) is 1.68. The Bertz CT molecular complexity index is 505. The van der Waals surface area contributed by atoms with E-state index in [2.05, 4.69) is 22.1 Å². The van der Waals surface area contributed by atoms with Crippen LogP contribution in [0, 0.1) is 5.92 Å². The summed E-state index contributed by atoms with van der Waals surface area (Å²) in [7, 11) is 3.28. The van der Waals surface area contributed by atoms with E-state index in [1.54, 1.807) is 12.5 Å². The summed E-state index contributed by atoms with van der Waals surface area (Å²) in [4.78, 5) is 20.8. The van der Waals surface area contributed by atoms with Crippen molar-refractivity contribution in [1.82, 2.24) is 14.9 Å². The van der Waals surface area contributed by atoms with Gasteiger partial charge in [-0.15, -0.1) is 0 Å². The van der Waals surface area contributed by atoms with Gasteiger partial charge in [-0.05, 0) is 6.20 Å². The molecule has 0 fully saturated rings. The molecule has 1 atom stereocenters. The standard InChI is InChI=1S/C15H19N3O2/c1-18(8-7-12-5-3-4-6-12)14(15(19)20-2)9-13-10-16-11-17-13/h3-8,10-12,14H,9H2,1-2H3,(H,16,17)/b8-7+/t14-/m0/s1. The molecule has 0 amide bonds. The number of imidazole rings is 1. The van der Waals surface area contributed by atoms with Gasteiger partial charge in [-0.2, -0.15) is 0 Å². The van der Waals surface area contributed by atoms with Crippen LogP contribution in [0.4, 0.5) is 0 Å². The van der Waals surface area contributed by atoms with Crippen LogP contribution in [0.1, 0.15) is 5.69 Å². The summed E-state index contributed by atoms with van der Waals surface area (Å²) < 4.78 is 4.88. The molecule has 0 unspecified atom stereocenters. The van der Waals surface area contributed by atoms with Gasteiger partial charge in [0.25, 0.3) is 0 Å². The molecular weight excluding hydrogens is 254 g/mol. The zero-order chi connectivity index (χ0) is 14.4. The van der Waals surface area contributed by atoms with E-state index < -0.39 is 0 Å². The average Bonchev–Trinajstić information content (AvgIpc) is 3.14. The number of methoxy groups -OCH3 is 1. The minimum Gasteiger partial charge on any atom is -0.467 e. The van der Waals surface area contributed by atoms with Crippen molar-refractivity contribution in [2.75, 3.05) is 14.2 Å². The third-order valence-corrected chi connectivity index (χ3v) is 3.25. The number of aromatic nitrogens is 2. The Labute approximate surface area is 118 Å². The lowest BCUT2D eigenvalue weighted by Crippen LogP contribution is -2.38. The highest BCUT2D eigenvalue weighted by Crippen LogP contribution is 2.12. The molecular formula is C15H19N3O2. The molecule has 0 aromatic carbocycles. The van der Waals surface area contributed by atoms with Crippen molar-refractivity contribution in [2.24, 2.45) is 5.92 Å². The largest absolute Gasteiger partial charge is 0.467 e. The highest BCUT2D eigenvalue weighted by atomic mass is 16.5. The van der Waals surface area contributed by atoms with E-state index in [1.807, 2.05) is 36.4 Å². The van der Waals surface area contributed by atoms with Crippen molar-refractivity contribution in [2.45, 2.75) is 12.5 Å². The number of ether oxygens (including phenoxy) is 1. The molecule has 0 saturated heterocycles. The minimum absolute atomic E-state index is 0.260. The van der Waals surface area contributed by atoms with Gasteiger partial charge in [0, 0.05) is 31.3 Å². The first-order valence-electron chi connectivity index (χ1n) is 6.51. The van der Waals surface area contributed by atoms with Crippen LogP contribution in [0.15, 0.2) is 49.1 Å². The van der Waals surface area contributed by atoms with Crippen molar-refractivity contribution >= 4 is 5.97 Å². The highest BCUT2D eigenvalue weighted by molar-refractivity contribution is 5.76. The Morgan fingerprint density at radius 3 is 2.90 bits per heavy atom. The molecule has 1 aromatic rings. The van der Waals surface area contributed by atoms with Gasteiger partial charge in [0.05, 0.1) is 13.4 Å². The molecule has 0 spiro atoms. The van der Waals surface area contributed by atoms with Gasteiger partial charge in [0.15, 0.2) is 0 Å². The van der Waals surface area contributed by atoms with Crippen molar-refractivity contribution < 1.29 is 9.53 Å². The smallest absolute Gasteiger partial charge is 0.328 e. The normalized spacial score (nSPS) is 15.9. The predicted molar refractivity (Wildman–Crippen MR) is 76.8 cm³/mol. The van der Waals surface area contributed by atoms with Crippen LogP contribution in [0.2, 0.25) is 0 Å². The van der Waals surface area contributed by atoms with E-state index >= 15 is 0 Å². The summed E-state index contributed by atoms with van der Waals surface area (Å²) >= 11 is 0. The second kappa shape index (κ2) is 6.75. The Kier molecular flexibility index (Phi) is 4.76. The molecule has 1 aliphatic carbocycles. The van der Waals surface area contributed by atoms with Crippen LogP contribution in [-0.4, -0.2) is 41.0 Å². The zero-order valence-corrected chi connectivity index (χ0v) is 11.7. The number of esters is 1. The van der Waals surface area contributed by atoms with Gasteiger partial charge in [-0.3, -0.25) is 0 Å². The quantitative estimate of drug-likeness (QED) is 0.801. The van der Waals surface area contributed by atoms with E-state index in [9.17, 15) is 4.79 Å². The number of nitrogens with one attached hydrogen (secondary N) is 1. The molecule has 106 valence electrons. The number of allylic oxidation sites excluding steroid dienone is 5. The molecule has 5 heteroatoms. The van der Waals surface area contributed by atoms with Gasteiger partial charge in [0.2, 0.25) is 0 Å². The molecule has 1 N–H and O–H groups in total. The molecule has 5 nitrogen and oxygen atoms in total. The summed E-state index contributed by atoms with van der Waals surface area (Å²) in [6, 6.07) is -0.369. The van der Waals surface area contributed by atoms with Crippen LogP contribution in [0.3, 0.4) is 0 Å². The average molecular weight is 273 g/mol. The molecule has 1 aromatic heterocycles. The van der Waals surface area contributed by atoms with Crippen LogP contribution in [0.5, 0.6) is 0 Å². The van der Waals surface area contributed by atoms with E-state index in [0.29, 0.717) is 12.3 Å². The van der Waals surface area contributed by atoms with Crippen molar-refractivity contribution in [3.8, 4) is 0 Å². The van der Waals surface area contributed by atoms with Crippen molar-refractivity contribution in [3.05, 3.63) is 54.8 Å². The summed E-state index contributed by atoms with van der Waals surface area (Å²) in [6.07, 6.45) is 16.0. The number of carbonyl (C=O) groups excluding carboxylic acids is 1. The minimum atomic E-state index is -0.369. The lowest BCUT2D eigenvalue weighted by atomic mass is 10.1. The molecule has 1 heterocycles. The monoisotopic (exact) mass is 273 g/mol. The molecule has 0 bridgehead atoms. The van der Waals surface area contributed by atoms with Gasteiger partial charge < -0.3 is 14.6 Å². The van der Waals surface area contributed by atoms with E-state index in [-0.39, 0.29) is 12.0 Å². The van der Waals surface area contributed by atoms with Gasteiger partial charge in [0.1, 0.15) is 6.04 Å². The fourth-order valence-electron chi connectivity index (χ4n) is 2.05. The number of carbonyl (C=O) groups is 1. The zero-order valence-electron chi connectivity index (χ0n) is 11.7. The summed E-state index contributed by atoms with van der Waals surface area (Å²) in [5.41, 5.74) is 0.904. The van der Waals surface area contributed by atoms with Crippen LogP contribution in [0.25, 0.3) is 0 Å². The van der Waals surface area contributed by atoms with Crippen LogP contribution >= 0.6 is 0 Å². The van der Waals surface area contributed by atoms with Gasteiger partial charge in [-0.25, -0.2) is 9.78 Å². The second-order valence-corrected chi connectivity index (χ2v) is 4.67. The maximum atomic E-state index is 11.9. The first kappa shape index (κ1) is 14.1. The molecule has 0 radical (unpaired) electrons. The number of likely N-dealkylation sites (N-methyl/N-ethyl adjacent to an activating group) is 1. The molecule has 1 aliphatic rings. The molecule has 2 rings (SSSR count). The van der Waals surface area contributed by atoms with Crippen LogP contribution in [-0.2, 0) is 16.0 Å². The Morgan fingerprint density at radius 2 is 2.30 bits per heavy atom. The lowest BCUT2D eigenvalue weighted by Gasteiger charge is -2.24. The fraction of sp³-hybridized carbons (Fsp3) is 0.333. The topological polar surface area (TPSA) is 58.2 Å². The second-order valence-electron chi connectivity index (χ2n) is 4.67. The Balaban J connectivity index is 2.03. The van der Waals surface area contributed by atoms with Gasteiger partial charge in [-0.1, -0.05) is 30.4 Å². The maximum absolute atomic E-state index is 11.9. The number of aromatic amines is 1. The molecule has 20 heavy (non-hydrogen) atoms. The third-order valence-electron chi connectivity index (χ3n) is 3.25. The Morgan fingerprint density at radius 1 is 1.55 bits per heavy atom. The number of hydrogen-bond acceptors (Lipinski definition) is 4. The third kappa shape index (κ3) is 3.60. The fourth-order valence-corrected chi connectivity index (χ4v) is 2.05. The lowest BCUT2D eigenvalue weighted by molar-refractivity contribution is -0.145. The molecule has 0 saturated carbocycles. The van der Waals surface area contributed by atoms with E-state index in [1.165, 1.54) is 7.11 Å². The van der Waals surface area contributed by atoms with Gasteiger partial charge >= 0.3 is 5.97 Å². The number of hydrogen-bond donors (Lipinski definition) is 1. The van der Waals surface area contributed by atoms with Crippen molar-refractivity contribution in [3.63, 3.8) is 0 Å². The van der Waals surface area contributed by atoms with Crippen molar-refractivity contribution in [1.29, 1.82) is 0 Å². The highest BCUT2D eigenvalue weighted by Gasteiger charge is 2.23. The number of rotatable bonds is 6. The first-order chi connectivity index (χ1) is 9.70. The summed E-state index contributed by atoms with van der Waals surface area (Å²) in [5.74, 6) is 0.0344. The summed E-state index contributed by atoms with van der Waals surface area (Å²) in [5, 5.41) is 0. The number of nitrogens with zero attached hydrogens (tertiary/aromatic N) is 2. The molecule has 0 aliphatic heterocycles. The van der Waals surface area contributed by atoms with Crippen LogP contribution < -0.4 is 0 Å². The van der Waals surface area contributed by atoms with E-state index in [4.69, 9.17) is 4.74 Å². The summed E-state index contributed by atoms with van der Waals surface area (Å²) in [6.45, 7) is 0. The maximum Gasteiger partial charge on any atom is 0.328 e. The SMILES string of the molecule is COC(=O)[C@H](Cc1cnc[nH]1)N(C)/C=C/C1C=CC=C1. The number of H-pyrrole nitrogens is 1. The van der Waals surface area contributed by atoms with E-state index in [0.717, 1.165) is 5.69 Å². The Hall–Kier alpha value is -2.30. The first-order valence-corrected chi connectivity index (χ1v) is 6.51.